The van der Waals surface area contributed by atoms with Gasteiger partial charge >= 0.3 is 0 Å². The van der Waals surface area contributed by atoms with Crippen molar-refractivity contribution in [3.05, 3.63) is 24.3 Å². The fourth-order valence-electron chi connectivity index (χ4n) is 3.01. The van der Waals surface area contributed by atoms with Gasteiger partial charge in [0.05, 0.1) is 0 Å². The van der Waals surface area contributed by atoms with Crippen molar-refractivity contribution >= 4 is 0 Å². The molecular formula is C15H26. The lowest BCUT2D eigenvalue weighted by molar-refractivity contribution is 0.185. The van der Waals surface area contributed by atoms with Gasteiger partial charge in [0.1, 0.15) is 0 Å². The van der Waals surface area contributed by atoms with E-state index in [0.717, 1.165) is 6.42 Å². The maximum Gasteiger partial charge on any atom is -0.0223 e. The Hall–Kier alpha value is -0.520. The van der Waals surface area contributed by atoms with E-state index in [0.29, 0.717) is 5.41 Å². The van der Waals surface area contributed by atoms with Crippen LogP contribution >= 0.6 is 0 Å². The molecule has 1 aliphatic carbocycles. The van der Waals surface area contributed by atoms with Crippen molar-refractivity contribution in [2.45, 2.75) is 65.2 Å². The summed E-state index contributed by atoms with van der Waals surface area (Å²) in [6.45, 7) is 12.7. The molecule has 0 aromatic carbocycles. The van der Waals surface area contributed by atoms with E-state index in [1.807, 2.05) is 0 Å². The number of hydrogen-bond donors (Lipinski definition) is 0. The zero-order chi connectivity index (χ0) is 11.3. The highest BCUT2D eigenvalue weighted by atomic mass is 14.4. The Kier molecular flexibility index (Phi) is 4.63. The summed E-state index contributed by atoms with van der Waals surface area (Å²) in [6, 6.07) is 0. The van der Waals surface area contributed by atoms with E-state index in [9.17, 15) is 0 Å². The summed E-state index contributed by atoms with van der Waals surface area (Å²) in [5.41, 5.74) is 3.30. The molecule has 0 unspecified atom stereocenters. The summed E-state index contributed by atoms with van der Waals surface area (Å²) < 4.78 is 0. The fourth-order valence-corrected chi connectivity index (χ4v) is 3.01. The van der Waals surface area contributed by atoms with Crippen LogP contribution in [0.15, 0.2) is 24.3 Å². The van der Waals surface area contributed by atoms with Gasteiger partial charge in [-0.1, -0.05) is 43.9 Å². The third-order valence-electron chi connectivity index (χ3n) is 3.72. The molecule has 1 fully saturated rings. The van der Waals surface area contributed by atoms with Crippen LogP contribution in [0.2, 0.25) is 0 Å². The van der Waals surface area contributed by atoms with E-state index in [1.54, 1.807) is 0 Å². The number of allylic oxidation sites excluding steroid dienone is 2. The van der Waals surface area contributed by atoms with Crippen LogP contribution in [0.5, 0.6) is 0 Å². The van der Waals surface area contributed by atoms with Crippen LogP contribution in [0.25, 0.3) is 0 Å². The van der Waals surface area contributed by atoms with Crippen molar-refractivity contribution in [3.63, 3.8) is 0 Å². The lowest BCUT2D eigenvalue weighted by Crippen LogP contribution is -2.25. The third-order valence-corrected chi connectivity index (χ3v) is 3.72. The van der Waals surface area contributed by atoms with Crippen LogP contribution < -0.4 is 0 Å². The highest BCUT2D eigenvalue weighted by Gasteiger charge is 2.31. The summed E-state index contributed by atoms with van der Waals surface area (Å²) >= 11 is 0. The summed E-state index contributed by atoms with van der Waals surface area (Å²) in [5.74, 6) is 0. The van der Waals surface area contributed by atoms with Gasteiger partial charge in [0.15, 0.2) is 0 Å². The molecule has 0 radical (unpaired) electrons. The molecule has 1 aliphatic rings. The molecule has 0 heterocycles. The predicted molar refractivity (Wildman–Crippen MR) is 69.0 cm³/mol. The smallest absolute Gasteiger partial charge is 0.0223 e. The van der Waals surface area contributed by atoms with Crippen LogP contribution in [-0.2, 0) is 0 Å². The summed E-state index contributed by atoms with van der Waals surface area (Å²) in [6.07, 6.45) is 10.6. The SMILES string of the molecule is C=C(C)CC1(CC(=C)CC)CCCCC1. The molecule has 15 heavy (non-hydrogen) atoms. The van der Waals surface area contributed by atoms with Gasteiger partial charge < -0.3 is 0 Å². The molecule has 0 spiro atoms. The van der Waals surface area contributed by atoms with Crippen molar-refractivity contribution < 1.29 is 0 Å². The maximum absolute atomic E-state index is 4.19. The molecule has 0 aromatic rings. The van der Waals surface area contributed by atoms with Gasteiger partial charge in [0.25, 0.3) is 0 Å². The molecule has 1 rings (SSSR count). The Balaban J connectivity index is 2.65. The lowest BCUT2D eigenvalue weighted by Gasteiger charge is -2.38. The minimum atomic E-state index is 0.525. The molecule has 0 heteroatoms. The molecule has 0 aromatic heterocycles. The Labute approximate surface area is 95.5 Å². The molecule has 0 saturated heterocycles. The Morgan fingerprint density at radius 3 is 2.13 bits per heavy atom. The third kappa shape index (κ3) is 3.85. The van der Waals surface area contributed by atoms with E-state index in [2.05, 4.69) is 27.0 Å². The van der Waals surface area contributed by atoms with Crippen LogP contribution in [0, 0.1) is 5.41 Å². The second-order valence-corrected chi connectivity index (χ2v) is 5.47. The Bertz CT molecular complexity index is 228. The van der Waals surface area contributed by atoms with Gasteiger partial charge in [-0.2, -0.15) is 0 Å². The van der Waals surface area contributed by atoms with E-state index >= 15 is 0 Å². The Morgan fingerprint density at radius 2 is 1.67 bits per heavy atom. The van der Waals surface area contributed by atoms with Gasteiger partial charge in [-0.05, 0) is 44.4 Å². The van der Waals surface area contributed by atoms with Gasteiger partial charge in [-0.25, -0.2) is 0 Å². The lowest BCUT2D eigenvalue weighted by atomic mass is 9.67. The van der Waals surface area contributed by atoms with Crippen molar-refractivity contribution in [2.75, 3.05) is 0 Å². The summed E-state index contributed by atoms with van der Waals surface area (Å²) in [4.78, 5) is 0. The standard InChI is InChI=1S/C15H26/c1-5-14(4)12-15(11-13(2)3)9-7-6-8-10-15/h2,4-12H2,1,3H3. The van der Waals surface area contributed by atoms with Crippen molar-refractivity contribution in [2.24, 2.45) is 5.41 Å². The fraction of sp³-hybridized carbons (Fsp3) is 0.733. The molecule has 0 nitrogen and oxygen atoms in total. The number of rotatable bonds is 5. The first kappa shape index (κ1) is 12.5. The maximum atomic E-state index is 4.19. The predicted octanol–water partition coefficient (Wildman–Crippen LogP) is 5.26. The topological polar surface area (TPSA) is 0 Å². The van der Waals surface area contributed by atoms with Crippen molar-refractivity contribution in [3.8, 4) is 0 Å². The average molecular weight is 206 g/mol. The molecule has 0 aliphatic heterocycles. The van der Waals surface area contributed by atoms with Crippen molar-refractivity contribution in [1.29, 1.82) is 0 Å². The first-order chi connectivity index (χ1) is 7.08. The van der Waals surface area contributed by atoms with Gasteiger partial charge in [-0.15, -0.1) is 6.58 Å². The highest BCUT2D eigenvalue weighted by Crippen LogP contribution is 2.45. The molecule has 0 amide bonds. The first-order valence-corrected chi connectivity index (χ1v) is 6.39. The van der Waals surface area contributed by atoms with E-state index in [1.165, 1.54) is 56.1 Å². The minimum absolute atomic E-state index is 0.525. The zero-order valence-electron chi connectivity index (χ0n) is 10.6. The molecule has 0 atom stereocenters. The second kappa shape index (κ2) is 5.53. The average Bonchev–Trinajstić information content (AvgIpc) is 2.17. The normalized spacial score (nSPS) is 19.9. The number of hydrogen-bond acceptors (Lipinski definition) is 0. The first-order valence-electron chi connectivity index (χ1n) is 6.39. The van der Waals surface area contributed by atoms with Crippen LogP contribution in [0.4, 0.5) is 0 Å². The van der Waals surface area contributed by atoms with E-state index < -0.39 is 0 Å². The molecule has 0 N–H and O–H groups in total. The van der Waals surface area contributed by atoms with Crippen LogP contribution in [0.1, 0.15) is 65.2 Å². The molecular weight excluding hydrogens is 180 g/mol. The molecule has 0 bridgehead atoms. The molecule has 86 valence electrons. The van der Waals surface area contributed by atoms with Crippen LogP contribution in [-0.4, -0.2) is 0 Å². The zero-order valence-corrected chi connectivity index (χ0v) is 10.6. The summed E-state index contributed by atoms with van der Waals surface area (Å²) in [5, 5.41) is 0. The van der Waals surface area contributed by atoms with E-state index in [-0.39, 0.29) is 0 Å². The summed E-state index contributed by atoms with van der Waals surface area (Å²) in [7, 11) is 0. The molecule has 1 saturated carbocycles. The van der Waals surface area contributed by atoms with Crippen molar-refractivity contribution in [1.82, 2.24) is 0 Å². The van der Waals surface area contributed by atoms with Gasteiger partial charge in [0, 0.05) is 0 Å². The van der Waals surface area contributed by atoms with Gasteiger partial charge in [-0.3, -0.25) is 0 Å². The largest absolute Gasteiger partial charge is 0.100 e. The monoisotopic (exact) mass is 206 g/mol. The highest BCUT2D eigenvalue weighted by molar-refractivity contribution is 5.05. The quantitative estimate of drug-likeness (QED) is 0.538. The Morgan fingerprint density at radius 1 is 1.07 bits per heavy atom. The second-order valence-electron chi connectivity index (χ2n) is 5.47. The minimum Gasteiger partial charge on any atom is -0.100 e. The van der Waals surface area contributed by atoms with Gasteiger partial charge in [0.2, 0.25) is 0 Å². The van der Waals surface area contributed by atoms with E-state index in [4.69, 9.17) is 0 Å². The van der Waals surface area contributed by atoms with Crippen LogP contribution in [0.3, 0.4) is 0 Å².